The van der Waals surface area contributed by atoms with Crippen LogP contribution >= 0.6 is 0 Å². The summed E-state index contributed by atoms with van der Waals surface area (Å²) in [4.78, 5) is 13.7. The Morgan fingerprint density at radius 2 is 2.29 bits per heavy atom. The number of rotatable bonds is 1. The third-order valence-electron chi connectivity index (χ3n) is 3.58. The molecule has 0 bridgehead atoms. The Morgan fingerprint density at radius 3 is 2.82 bits per heavy atom. The van der Waals surface area contributed by atoms with Crippen LogP contribution in [0.1, 0.15) is 20.8 Å². The summed E-state index contributed by atoms with van der Waals surface area (Å²) in [7, 11) is 0. The highest BCUT2D eigenvalue weighted by Crippen LogP contribution is 2.40. The Hall–Kier alpha value is -0.810. The fraction of sp³-hybridized carbons (Fsp3) is 0.917. The van der Waals surface area contributed by atoms with Crippen molar-refractivity contribution in [2.75, 3.05) is 32.8 Å². The number of fused-ring (bicyclic) bond motifs is 1. The molecule has 2 aliphatic heterocycles. The molecule has 2 atom stereocenters. The first-order valence-corrected chi connectivity index (χ1v) is 6.12. The number of carbonyl (C=O) groups excluding carboxylic acids is 1. The second-order valence-electron chi connectivity index (χ2n) is 6.14. The second-order valence-corrected chi connectivity index (χ2v) is 6.14. The largest absolute Gasteiger partial charge is 0.444 e. The molecule has 0 radical (unpaired) electrons. The number of amides is 1. The summed E-state index contributed by atoms with van der Waals surface area (Å²) in [6, 6.07) is 0. The second kappa shape index (κ2) is 4.14. The SMILES string of the molecule is CC(C)(C)OC(=O)N1CC2COC[C@@]2(CN)C1. The summed E-state index contributed by atoms with van der Waals surface area (Å²) >= 11 is 0. The molecule has 2 N–H and O–H groups in total. The maximum absolute atomic E-state index is 12.0. The summed E-state index contributed by atoms with van der Waals surface area (Å²) in [5, 5.41) is 0. The van der Waals surface area contributed by atoms with E-state index in [9.17, 15) is 4.79 Å². The molecule has 2 aliphatic rings. The third-order valence-corrected chi connectivity index (χ3v) is 3.58. The summed E-state index contributed by atoms with van der Waals surface area (Å²) in [5.74, 6) is 0.361. The van der Waals surface area contributed by atoms with Crippen LogP contribution in [0.2, 0.25) is 0 Å². The highest BCUT2D eigenvalue weighted by atomic mass is 16.6. The molecule has 2 fully saturated rings. The Labute approximate surface area is 102 Å². The molecule has 2 saturated heterocycles. The van der Waals surface area contributed by atoms with Crippen molar-refractivity contribution in [2.24, 2.45) is 17.1 Å². The molecule has 5 nitrogen and oxygen atoms in total. The van der Waals surface area contributed by atoms with Gasteiger partial charge >= 0.3 is 6.09 Å². The first-order valence-electron chi connectivity index (χ1n) is 6.12. The van der Waals surface area contributed by atoms with E-state index in [0.29, 0.717) is 38.8 Å². The zero-order valence-corrected chi connectivity index (χ0v) is 10.9. The van der Waals surface area contributed by atoms with E-state index in [4.69, 9.17) is 15.2 Å². The van der Waals surface area contributed by atoms with Crippen molar-refractivity contribution in [1.29, 1.82) is 0 Å². The lowest BCUT2D eigenvalue weighted by Crippen LogP contribution is -2.40. The third kappa shape index (κ3) is 2.40. The van der Waals surface area contributed by atoms with E-state index in [0.717, 1.165) is 0 Å². The zero-order chi connectivity index (χ0) is 12.7. The number of nitrogens with two attached hydrogens (primary N) is 1. The molecular weight excluding hydrogens is 220 g/mol. The predicted molar refractivity (Wildman–Crippen MR) is 63.6 cm³/mol. The highest BCUT2D eigenvalue weighted by molar-refractivity contribution is 5.68. The minimum Gasteiger partial charge on any atom is -0.444 e. The fourth-order valence-electron chi connectivity index (χ4n) is 2.59. The highest BCUT2D eigenvalue weighted by Gasteiger charge is 2.51. The smallest absolute Gasteiger partial charge is 0.410 e. The van der Waals surface area contributed by atoms with Gasteiger partial charge in [0.15, 0.2) is 0 Å². The van der Waals surface area contributed by atoms with Gasteiger partial charge in [0.25, 0.3) is 0 Å². The van der Waals surface area contributed by atoms with Crippen molar-refractivity contribution >= 4 is 6.09 Å². The van der Waals surface area contributed by atoms with Crippen molar-refractivity contribution in [3.8, 4) is 0 Å². The van der Waals surface area contributed by atoms with Crippen LogP contribution in [0.25, 0.3) is 0 Å². The number of likely N-dealkylation sites (tertiary alicyclic amines) is 1. The summed E-state index contributed by atoms with van der Waals surface area (Å²) in [6.07, 6.45) is -0.236. The van der Waals surface area contributed by atoms with E-state index in [-0.39, 0.29) is 11.5 Å². The van der Waals surface area contributed by atoms with Gasteiger partial charge in [-0.3, -0.25) is 0 Å². The normalized spacial score (nSPS) is 32.7. The van der Waals surface area contributed by atoms with Gasteiger partial charge in [-0.1, -0.05) is 0 Å². The van der Waals surface area contributed by atoms with Crippen LogP contribution < -0.4 is 5.73 Å². The quantitative estimate of drug-likeness (QED) is 0.739. The molecule has 0 aromatic heterocycles. The van der Waals surface area contributed by atoms with Crippen LogP contribution in [0.4, 0.5) is 4.79 Å². The minimum absolute atomic E-state index is 0.0447. The van der Waals surface area contributed by atoms with Crippen molar-refractivity contribution in [1.82, 2.24) is 4.90 Å². The molecule has 17 heavy (non-hydrogen) atoms. The van der Waals surface area contributed by atoms with Gasteiger partial charge in [0.05, 0.1) is 13.2 Å². The van der Waals surface area contributed by atoms with Crippen LogP contribution in [-0.2, 0) is 9.47 Å². The lowest BCUT2D eigenvalue weighted by molar-refractivity contribution is 0.0238. The summed E-state index contributed by atoms with van der Waals surface area (Å²) in [6.45, 7) is 8.92. The lowest BCUT2D eigenvalue weighted by Gasteiger charge is -2.27. The van der Waals surface area contributed by atoms with Crippen molar-refractivity contribution < 1.29 is 14.3 Å². The number of hydrogen-bond acceptors (Lipinski definition) is 4. The van der Waals surface area contributed by atoms with Gasteiger partial charge in [0.2, 0.25) is 0 Å². The molecule has 1 amide bonds. The Morgan fingerprint density at radius 1 is 1.59 bits per heavy atom. The van der Waals surface area contributed by atoms with Gasteiger partial charge in [0, 0.05) is 31.0 Å². The average molecular weight is 242 g/mol. The van der Waals surface area contributed by atoms with E-state index >= 15 is 0 Å². The van der Waals surface area contributed by atoms with E-state index in [1.54, 1.807) is 4.90 Å². The van der Waals surface area contributed by atoms with Crippen molar-refractivity contribution in [3.05, 3.63) is 0 Å². The molecule has 1 unspecified atom stereocenters. The molecule has 0 spiro atoms. The molecular formula is C12H22N2O3. The van der Waals surface area contributed by atoms with Gasteiger partial charge < -0.3 is 20.1 Å². The average Bonchev–Trinajstić information content (AvgIpc) is 2.70. The van der Waals surface area contributed by atoms with Gasteiger partial charge in [0.1, 0.15) is 5.60 Å². The van der Waals surface area contributed by atoms with Gasteiger partial charge in [-0.05, 0) is 20.8 Å². The minimum atomic E-state index is -0.443. The Bertz CT molecular complexity index is 313. The van der Waals surface area contributed by atoms with E-state index in [2.05, 4.69) is 0 Å². The van der Waals surface area contributed by atoms with Gasteiger partial charge in [-0.15, -0.1) is 0 Å². The monoisotopic (exact) mass is 242 g/mol. The topological polar surface area (TPSA) is 64.8 Å². The molecule has 2 heterocycles. The molecule has 0 aromatic carbocycles. The first-order chi connectivity index (χ1) is 7.86. The molecule has 5 heteroatoms. The standard InChI is InChI=1S/C12H22N2O3/c1-11(2,3)17-10(15)14-4-9-5-16-8-12(9,6-13)7-14/h9H,4-8,13H2,1-3H3/t9?,12-/m1/s1. The van der Waals surface area contributed by atoms with E-state index < -0.39 is 5.60 Å². The van der Waals surface area contributed by atoms with Crippen LogP contribution in [0.15, 0.2) is 0 Å². The maximum atomic E-state index is 12.0. The lowest BCUT2D eigenvalue weighted by atomic mass is 9.81. The molecule has 0 aromatic rings. The zero-order valence-electron chi connectivity index (χ0n) is 10.9. The van der Waals surface area contributed by atoms with Crippen molar-refractivity contribution in [2.45, 2.75) is 26.4 Å². The number of carbonyl (C=O) groups is 1. The number of ether oxygens (including phenoxy) is 2. The van der Waals surface area contributed by atoms with E-state index in [1.807, 2.05) is 20.8 Å². The first kappa shape index (κ1) is 12.6. The van der Waals surface area contributed by atoms with Gasteiger partial charge in [-0.2, -0.15) is 0 Å². The maximum Gasteiger partial charge on any atom is 0.410 e. The number of nitrogens with zero attached hydrogens (tertiary/aromatic N) is 1. The number of hydrogen-bond donors (Lipinski definition) is 1. The fourth-order valence-corrected chi connectivity index (χ4v) is 2.59. The van der Waals surface area contributed by atoms with Crippen molar-refractivity contribution in [3.63, 3.8) is 0 Å². The van der Waals surface area contributed by atoms with Gasteiger partial charge in [-0.25, -0.2) is 4.79 Å². The van der Waals surface area contributed by atoms with Crippen LogP contribution in [0, 0.1) is 11.3 Å². The molecule has 0 saturated carbocycles. The molecule has 0 aliphatic carbocycles. The Kier molecular flexibility index (Phi) is 3.08. The van der Waals surface area contributed by atoms with Crippen LogP contribution in [0.3, 0.4) is 0 Å². The Balaban J connectivity index is 2.00. The van der Waals surface area contributed by atoms with Crippen LogP contribution in [0.5, 0.6) is 0 Å². The molecule has 2 rings (SSSR count). The summed E-state index contributed by atoms with van der Waals surface area (Å²) in [5.41, 5.74) is 5.35. The van der Waals surface area contributed by atoms with Crippen LogP contribution in [-0.4, -0.2) is 49.4 Å². The summed E-state index contributed by atoms with van der Waals surface area (Å²) < 4.78 is 10.9. The van der Waals surface area contributed by atoms with E-state index in [1.165, 1.54) is 0 Å². The predicted octanol–water partition coefficient (Wildman–Crippen LogP) is 0.829. The molecule has 98 valence electrons.